The molecule has 0 fully saturated rings. The summed E-state index contributed by atoms with van der Waals surface area (Å²) < 4.78 is 1.80. The number of H-pyrrole nitrogens is 1. The highest BCUT2D eigenvalue weighted by atomic mass is 16.2. The Morgan fingerprint density at radius 2 is 2.12 bits per heavy atom. The van der Waals surface area contributed by atoms with Gasteiger partial charge in [0.2, 0.25) is 5.91 Å². The van der Waals surface area contributed by atoms with Crippen LogP contribution in [0.4, 0.5) is 5.69 Å². The highest BCUT2D eigenvalue weighted by molar-refractivity contribution is 5.93. The molecule has 2 aromatic heterocycles. The van der Waals surface area contributed by atoms with E-state index in [0.29, 0.717) is 6.54 Å². The monoisotopic (exact) mass is 337 g/mol. The fourth-order valence-corrected chi connectivity index (χ4v) is 3.69. The molecular weight excluding hydrogens is 314 g/mol. The fourth-order valence-electron chi connectivity index (χ4n) is 3.69. The zero-order valence-corrected chi connectivity index (χ0v) is 14.9. The van der Waals surface area contributed by atoms with Crippen molar-refractivity contribution in [3.05, 3.63) is 46.9 Å². The lowest BCUT2D eigenvalue weighted by atomic mass is 10.0. The lowest BCUT2D eigenvalue weighted by molar-refractivity contribution is -0.117. The van der Waals surface area contributed by atoms with Gasteiger partial charge in [-0.25, -0.2) is 0 Å². The Morgan fingerprint density at radius 3 is 2.88 bits per heavy atom. The number of nitrogens with one attached hydrogen (secondary N) is 2. The van der Waals surface area contributed by atoms with Crippen molar-refractivity contribution in [2.75, 3.05) is 18.4 Å². The van der Waals surface area contributed by atoms with Gasteiger partial charge in [-0.15, -0.1) is 0 Å². The summed E-state index contributed by atoms with van der Waals surface area (Å²) >= 11 is 0. The van der Waals surface area contributed by atoms with E-state index in [-0.39, 0.29) is 5.91 Å². The summed E-state index contributed by atoms with van der Waals surface area (Å²) in [5.41, 5.74) is 6.47. The molecule has 0 aliphatic carbocycles. The van der Waals surface area contributed by atoms with Gasteiger partial charge in [0.15, 0.2) is 0 Å². The second-order valence-electron chi connectivity index (χ2n) is 6.81. The van der Waals surface area contributed by atoms with E-state index < -0.39 is 0 Å². The Kier molecular flexibility index (Phi) is 3.84. The van der Waals surface area contributed by atoms with E-state index in [9.17, 15) is 4.79 Å². The summed E-state index contributed by atoms with van der Waals surface area (Å²) in [6, 6.07) is 8.37. The summed E-state index contributed by atoms with van der Waals surface area (Å²) in [5, 5.41) is 8.65. The number of carbonyl (C=O) groups is 1. The molecule has 6 nitrogen and oxygen atoms in total. The molecular formula is C19H23N5O. The Balaban J connectivity index is 1.48. The number of benzene rings is 1. The number of aromatic amines is 1. The van der Waals surface area contributed by atoms with Crippen LogP contribution in [0.2, 0.25) is 0 Å². The summed E-state index contributed by atoms with van der Waals surface area (Å²) in [4.78, 5) is 18.2. The van der Waals surface area contributed by atoms with Crippen LogP contribution in [0.3, 0.4) is 0 Å². The molecule has 3 heterocycles. The average Bonchev–Trinajstić information content (AvgIpc) is 3.07. The molecule has 0 atom stereocenters. The van der Waals surface area contributed by atoms with Crippen molar-refractivity contribution in [1.82, 2.24) is 19.7 Å². The Morgan fingerprint density at radius 1 is 1.32 bits per heavy atom. The van der Waals surface area contributed by atoms with Crippen molar-refractivity contribution in [2.45, 2.75) is 26.8 Å². The standard InChI is InChI=1S/C19H23N5O/c1-12-19(13(2)23(3)22-12)21-18(25)11-24-9-8-17-15(10-24)14-6-4-5-7-16(14)20-17/h4-7,20H,8-11H2,1-3H3,(H,21,25). The third kappa shape index (κ3) is 2.82. The Bertz CT molecular complexity index is 952. The SMILES string of the molecule is Cc1nn(C)c(C)c1NC(=O)CN1CCc2[nH]c3ccccc3c2C1. The molecule has 0 unspecified atom stereocenters. The van der Waals surface area contributed by atoms with Crippen molar-refractivity contribution in [1.29, 1.82) is 0 Å². The van der Waals surface area contributed by atoms with Crippen molar-refractivity contribution in [2.24, 2.45) is 7.05 Å². The minimum absolute atomic E-state index is 0.0162. The minimum atomic E-state index is 0.0162. The van der Waals surface area contributed by atoms with E-state index in [4.69, 9.17) is 0 Å². The molecule has 1 aliphatic heterocycles. The van der Waals surface area contributed by atoms with Crippen LogP contribution in [0, 0.1) is 13.8 Å². The summed E-state index contributed by atoms with van der Waals surface area (Å²) in [5.74, 6) is 0.0162. The lowest BCUT2D eigenvalue weighted by Crippen LogP contribution is -2.37. The van der Waals surface area contributed by atoms with Gasteiger partial charge in [0, 0.05) is 43.2 Å². The largest absolute Gasteiger partial charge is 0.358 e. The highest BCUT2D eigenvalue weighted by Gasteiger charge is 2.22. The third-order valence-corrected chi connectivity index (χ3v) is 5.10. The number of hydrogen-bond acceptors (Lipinski definition) is 3. The van der Waals surface area contributed by atoms with Crippen LogP contribution in [0.15, 0.2) is 24.3 Å². The molecule has 0 spiro atoms. The molecule has 2 N–H and O–H groups in total. The van der Waals surface area contributed by atoms with Crippen molar-refractivity contribution >= 4 is 22.5 Å². The molecule has 0 bridgehead atoms. The molecule has 1 amide bonds. The summed E-state index contributed by atoms with van der Waals surface area (Å²) in [6.45, 7) is 5.97. The number of carbonyl (C=O) groups excluding carboxylic acids is 1. The van der Waals surface area contributed by atoms with E-state index >= 15 is 0 Å². The first-order chi connectivity index (χ1) is 12.0. The van der Waals surface area contributed by atoms with Crippen molar-refractivity contribution < 1.29 is 4.79 Å². The highest BCUT2D eigenvalue weighted by Crippen LogP contribution is 2.27. The van der Waals surface area contributed by atoms with Crippen LogP contribution in [-0.2, 0) is 24.8 Å². The van der Waals surface area contributed by atoms with Crippen molar-refractivity contribution in [3.8, 4) is 0 Å². The van der Waals surface area contributed by atoms with Gasteiger partial charge in [0.1, 0.15) is 0 Å². The first kappa shape index (κ1) is 15.9. The molecule has 3 aromatic rings. The van der Waals surface area contributed by atoms with E-state index in [1.807, 2.05) is 27.0 Å². The number of aryl methyl sites for hydroxylation is 2. The Hall–Kier alpha value is -2.60. The quantitative estimate of drug-likeness (QED) is 0.772. The van der Waals surface area contributed by atoms with E-state index in [0.717, 1.165) is 36.6 Å². The number of hydrogen-bond donors (Lipinski definition) is 2. The molecule has 4 rings (SSSR count). The summed E-state index contributed by atoms with van der Waals surface area (Å²) in [7, 11) is 1.89. The average molecular weight is 337 g/mol. The molecule has 25 heavy (non-hydrogen) atoms. The molecule has 0 saturated carbocycles. The number of anilines is 1. The van der Waals surface area contributed by atoms with Crippen LogP contribution in [0.1, 0.15) is 22.6 Å². The first-order valence-electron chi connectivity index (χ1n) is 8.64. The van der Waals surface area contributed by atoms with Crippen LogP contribution in [0.5, 0.6) is 0 Å². The van der Waals surface area contributed by atoms with Crippen molar-refractivity contribution in [3.63, 3.8) is 0 Å². The third-order valence-electron chi connectivity index (χ3n) is 5.10. The molecule has 0 radical (unpaired) electrons. The predicted molar refractivity (Wildman–Crippen MR) is 98.6 cm³/mol. The normalized spacial score (nSPS) is 14.7. The van der Waals surface area contributed by atoms with Gasteiger partial charge in [0.25, 0.3) is 0 Å². The van der Waals surface area contributed by atoms with Crippen LogP contribution in [0.25, 0.3) is 10.9 Å². The first-order valence-corrected chi connectivity index (χ1v) is 8.64. The van der Waals surface area contributed by atoms with Crippen LogP contribution >= 0.6 is 0 Å². The molecule has 6 heteroatoms. The number of aromatic nitrogens is 3. The maximum atomic E-state index is 12.5. The Labute approximate surface area is 146 Å². The van der Waals surface area contributed by atoms with Gasteiger partial charge in [-0.3, -0.25) is 14.4 Å². The van der Waals surface area contributed by atoms with Gasteiger partial charge < -0.3 is 10.3 Å². The number of para-hydroxylation sites is 1. The van der Waals surface area contributed by atoms with Gasteiger partial charge in [-0.05, 0) is 25.5 Å². The van der Waals surface area contributed by atoms with Crippen LogP contribution in [-0.4, -0.2) is 38.7 Å². The zero-order chi connectivity index (χ0) is 17.6. The van der Waals surface area contributed by atoms with Gasteiger partial charge >= 0.3 is 0 Å². The topological polar surface area (TPSA) is 66.0 Å². The van der Waals surface area contributed by atoms with E-state index in [1.165, 1.54) is 22.2 Å². The van der Waals surface area contributed by atoms with Gasteiger partial charge in [-0.2, -0.15) is 5.10 Å². The number of amides is 1. The fraction of sp³-hybridized carbons (Fsp3) is 0.368. The second-order valence-corrected chi connectivity index (χ2v) is 6.81. The van der Waals surface area contributed by atoms with E-state index in [1.54, 1.807) is 4.68 Å². The molecule has 130 valence electrons. The molecule has 0 saturated heterocycles. The van der Waals surface area contributed by atoms with Gasteiger partial charge in [-0.1, -0.05) is 18.2 Å². The van der Waals surface area contributed by atoms with Crippen LogP contribution < -0.4 is 5.32 Å². The number of nitrogens with zero attached hydrogens (tertiary/aromatic N) is 3. The maximum absolute atomic E-state index is 12.5. The predicted octanol–water partition coefficient (Wildman–Crippen LogP) is 2.52. The minimum Gasteiger partial charge on any atom is -0.358 e. The lowest BCUT2D eigenvalue weighted by Gasteiger charge is -2.26. The smallest absolute Gasteiger partial charge is 0.238 e. The number of rotatable bonds is 3. The second kappa shape index (κ2) is 6.04. The number of fused-ring (bicyclic) bond motifs is 3. The maximum Gasteiger partial charge on any atom is 0.238 e. The molecule has 1 aliphatic rings. The zero-order valence-electron chi connectivity index (χ0n) is 14.9. The summed E-state index contributed by atoms with van der Waals surface area (Å²) in [6.07, 6.45) is 0.947. The molecule has 1 aromatic carbocycles. The van der Waals surface area contributed by atoms with E-state index in [2.05, 4.69) is 38.5 Å². The van der Waals surface area contributed by atoms with Gasteiger partial charge in [0.05, 0.1) is 23.6 Å².